The summed E-state index contributed by atoms with van der Waals surface area (Å²) in [6.07, 6.45) is 1.79. The van der Waals surface area contributed by atoms with E-state index in [2.05, 4.69) is 0 Å². The van der Waals surface area contributed by atoms with E-state index in [4.69, 9.17) is 4.74 Å². The van der Waals surface area contributed by atoms with E-state index < -0.39 is 10.0 Å². The van der Waals surface area contributed by atoms with Crippen LogP contribution in [0.1, 0.15) is 36.2 Å². The van der Waals surface area contributed by atoms with Gasteiger partial charge in [0.15, 0.2) is 0 Å². The Hall–Kier alpha value is -2.38. The molecular formula is C21H26N2O4S. The standard InChI is InChI=1S/C21H26N2O4S/c1-4-22(5-2)28(25,26)17-12-13-20(27-3)18(15-17)21(24)23-14-8-10-16-9-6-7-11-19(16)23/h6-7,9,11-13,15H,4-5,8,10,14H2,1-3H3. The number of nitrogens with zero attached hydrogens (tertiary/aromatic N) is 2. The van der Waals surface area contributed by atoms with Gasteiger partial charge < -0.3 is 9.64 Å². The first-order chi connectivity index (χ1) is 13.4. The molecule has 0 radical (unpaired) electrons. The van der Waals surface area contributed by atoms with Crippen molar-refractivity contribution in [2.24, 2.45) is 0 Å². The highest BCUT2D eigenvalue weighted by molar-refractivity contribution is 7.89. The highest BCUT2D eigenvalue weighted by Crippen LogP contribution is 2.31. The number of ether oxygens (including phenoxy) is 1. The van der Waals surface area contributed by atoms with Crippen molar-refractivity contribution in [3.63, 3.8) is 0 Å². The molecule has 1 amide bonds. The minimum Gasteiger partial charge on any atom is -0.496 e. The van der Waals surface area contributed by atoms with Crippen molar-refractivity contribution >= 4 is 21.6 Å². The molecule has 2 aromatic carbocycles. The van der Waals surface area contributed by atoms with Gasteiger partial charge in [-0.2, -0.15) is 4.31 Å². The fourth-order valence-electron chi connectivity index (χ4n) is 3.62. The molecule has 0 atom stereocenters. The first-order valence-electron chi connectivity index (χ1n) is 9.52. The number of sulfonamides is 1. The summed E-state index contributed by atoms with van der Waals surface area (Å²) < 4.78 is 32.6. The second-order valence-electron chi connectivity index (χ2n) is 6.64. The largest absolute Gasteiger partial charge is 0.496 e. The molecule has 0 spiro atoms. The minimum absolute atomic E-state index is 0.102. The molecule has 0 saturated heterocycles. The number of anilines is 1. The van der Waals surface area contributed by atoms with Gasteiger partial charge in [-0.3, -0.25) is 4.79 Å². The number of aryl methyl sites for hydroxylation is 1. The van der Waals surface area contributed by atoms with Gasteiger partial charge in [-0.1, -0.05) is 32.0 Å². The number of fused-ring (bicyclic) bond motifs is 1. The van der Waals surface area contributed by atoms with E-state index in [1.165, 1.54) is 23.5 Å². The third-order valence-electron chi connectivity index (χ3n) is 5.10. The summed E-state index contributed by atoms with van der Waals surface area (Å²) in [6.45, 7) is 4.91. The molecule has 1 aliphatic heterocycles. The van der Waals surface area contributed by atoms with Crippen molar-refractivity contribution in [2.45, 2.75) is 31.6 Å². The molecule has 1 aliphatic rings. The van der Waals surface area contributed by atoms with Crippen molar-refractivity contribution in [3.05, 3.63) is 53.6 Å². The van der Waals surface area contributed by atoms with Gasteiger partial charge in [0.05, 0.1) is 17.6 Å². The average molecular weight is 403 g/mol. The topological polar surface area (TPSA) is 66.9 Å². The van der Waals surface area contributed by atoms with Gasteiger partial charge in [0, 0.05) is 25.3 Å². The number of carbonyl (C=O) groups is 1. The first-order valence-corrected chi connectivity index (χ1v) is 11.0. The van der Waals surface area contributed by atoms with Gasteiger partial charge >= 0.3 is 0 Å². The van der Waals surface area contributed by atoms with E-state index in [0.29, 0.717) is 25.4 Å². The third kappa shape index (κ3) is 3.64. The van der Waals surface area contributed by atoms with Gasteiger partial charge in [-0.05, 0) is 42.7 Å². The Morgan fingerprint density at radius 1 is 1.14 bits per heavy atom. The second kappa shape index (κ2) is 8.32. The van der Waals surface area contributed by atoms with Crippen LogP contribution in [0, 0.1) is 0 Å². The van der Waals surface area contributed by atoms with E-state index in [1.807, 2.05) is 24.3 Å². The monoisotopic (exact) mass is 402 g/mol. The van der Waals surface area contributed by atoms with Crippen LogP contribution in [-0.4, -0.2) is 45.4 Å². The molecule has 0 N–H and O–H groups in total. The predicted molar refractivity (Wildman–Crippen MR) is 110 cm³/mol. The quantitative estimate of drug-likeness (QED) is 0.743. The molecule has 0 fully saturated rings. The maximum atomic E-state index is 13.4. The summed E-state index contributed by atoms with van der Waals surface area (Å²) in [5.41, 5.74) is 2.25. The maximum Gasteiger partial charge on any atom is 0.262 e. The zero-order valence-electron chi connectivity index (χ0n) is 16.5. The molecule has 6 nitrogen and oxygen atoms in total. The van der Waals surface area contributed by atoms with Gasteiger partial charge in [0.25, 0.3) is 5.91 Å². The lowest BCUT2D eigenvalue weighted by Gasteiger charge is -2.30. The Labute approximate surface area is 166 Å². The lowest BCUT2D eigenvalue weighted by atomic mass is 10.0. The number of amides is 1. The Morgan fingerprint density at radius 2 is 1.86 bits per heavy atom. The number of hydrogen-bond acceptors (Lipinski definition) is 4. The molecule has 0 aliphatic carbocycles. The summed E-state index contributed by atoms with van der Waals surface area (Å²) in [7, 11) is -2.19. The van der Waals surface area contributed by atoms with Crippen LogP contribution in [0.2, 0.25) is 0 Å². The van der Waals surface area contributed by atoms with Crippen LogP contribution in [0.15, 0.2) is 47.4 Å². The number of hydrogen-bond donors (Lipinski definition) is 0. The molecule has 0 aromatic heterocycles. The molecule has 1 heterocycles. The summed E-state index contributed by atoms with van der Waals surface area (Å²) in [5, 5.41) is 0. The van der Waals surface area contributed by atoms with E-state index in [1.54, 1.807) is 24.8 Å². The van der Waals surface area contributed by atoms with Crippen molar-refractivity contribution < 1.29 is 17.9 Å². The van der Waals surface area contributed by atoms with E-state index in [0.717, 1.165) is 24.1 Å². The SMILES string of the molecule is CCN(CC)S(=O)(=O)c1ccc(OC)c(C(=O)N2CCCc3ccccc32)c1. The number of carbonyl (C=O) groups excluding carboxylic acids is 1. The van der Waals surface area contributed by atoms with Crippen LogP contribution in [-0.2, 0) is 16.4 Å². The number of rotatable bonds is 6. The summed E-state index contributed by atoms with van der Waals surface area (Å²) in [5.74, 6) is 0.118. The van der Waals surface area contributed by atoms with Gasteiger partial charge in [-0.15, -0.1) is 0 Å². The molecule has 7 heteroatoms. The number of benzene rings is 2. The summed E-state index contributed by atoms with van der Waals surface area (Å²) >= 11 is 0. The molecule has 0 bridgehead atoms. The lowest BCUT2D eigenvalue weighted by molar-refractivity contribution is 0.0982. The molecule has 0 saturated carbocycles. The van der Waals surface area contributed by atoms with Gasteiger partial charge in [-0.25, -0.2) is 8.42 Å². The van der Waals surface area contributed by atoms with Crippen LogP contribution >= 0.6 is 0 Å². The summed E-state index contributed by atoms with van der Waals surface area (Å²) in [6, 6.07) is 12.3. The maximum absolute atomic E-state index is 13.4. The van der Waals surface area contributed by atoms with Gasteiger partial charge in [0.2, 0.25) is 10.0 Å². The van der Waals surface area contributed by atoms with Crippen LogP contribution in [0.25, 0.3) is 0 Å². The lowest BCUT2D eigenvalue weighted by Crippen LogP contribution is -2.36. The van der Waals surface area contributed by atoms with Crippen molar-refractivity contribution in [2.75, 3.05) is 31.6 Å². The van der Waals surface area contributed by atoms with E-state index >= 15 is 0 Å². The Morgan fingerprint density at radius 3 is 2.54 bits per heavy atom. The second-order valence-corrected chi connectivity index (χ2v) is 8.58. The Balaban J connectivity index is 2.06. The fourth-order valence-corrected chi connectivity index (χ4v) is 5.10. The van der Waals surface area contributed by atoms with Crippen LogP contribution in [0.5, 0.6) is 5.75 Å². The Bertz CT molecular complexity index is 968. The average Bonchev–Trinajstić information content (AvgIpc) is 2.73. The van der Waals surface area contributed by atoms with E-state index in [9.17, 15) is 13.2 Å². The zero-order chi connectivity index (χ0) is 20.3. The predicted octanol–water partition coefficient (Wildman–Crippen LogP) is 3.32. The molecular weight excluding hydrogens is 376 g/mol. The highest BCUT2D eigenvalue weighted by atomic mass is 32.2. The van der Waals surface area contributed by atoms with Crippen LogP contribution < -0.4 is 9.64 Å². The van der Waals surface area contributed by atoms with Gasteiger partial charge in [0.1, 0.15) is 5.75 Å². The number of methoxy groups -OCH3 is 1. The third-order valence-corrected chi connectivity index (χ3v) is 7.15. The highest BCUT2D eigenvalue weighted by Gasteiger charge is 2.28. The van der Waals surface area contributed by atoms with Crippen LogP contribution in [0.4, 0.5) is 5.69 Å². The first kappa shape index (κ1) is 20.4. The van der Waals surface area contributed by atoms with Crippen molar-refractivity contribution in [1.82, 2.24) is 4.31 Å². The van der Waals surface area contributed by atoms with E-state index in [-0.39, 0.29) is 16.4 Å². The fraction of sp³-hybridized carbons (Fsp3) is 0.381. The molecule has 2 aromatic rings. The van der Waals surface area contributed by atoms with Crippen molar-refractivity contribution in [1.29, 1.82) is 0 Å². The molecule has 150 valence electrons. The van der Waals surface area contributed by atoms with Crippen molar-refractivity contribution in [3.8, 4) is 5.75 Å². The zero-order valence-corrected chi connectivity index (χ0v) is 17.3. The smallest absolute Gasteiger partial charge is 0.262 e. The number of para-hydroxylation sites is 1. The normalized spacial score (nSPS) is 14.1. The minimum atomic E-state index is -3.67. The molecule has 0 unspecified atom stereocenters. The summed E-state index contributed by atoms with van der Waals surface area (Å²) in [4.78, 5) is 15.2. The molecule has 28 heavy (non-hydrogen) atoms. The van der Waals surface area contributed by atoms with Crippen LogP contribution in [0.3, 0.4) is 0 Å². The Kier molecular flexibility index (Phi) is 6.05. The molecule has 3 rings (SSSR count).